The molecule has 1 atom stereocenters. The Morgan fingerprint density at radius 2 is 2.27 bits per heavy atom. The minimum Gasteiger partial charge on any atom is -0.310 e. The SMILES string of the molecule is CCNC(c1ccc(Br)c(Cl)c1)C1CC1. The third kappa shape index (κ3) is 2.74. The Hall–Kier alpha value is -0.0500. The van der Waals surface area contributed by atoms with Crippen molar-refractivity contribution in [2.45, 2.75) is 25.8 Å². The van der Waals surface area contributed by atoms with E-state index in [9.17, 15) is 0 Å². The molecule has 2 rings (SSSR count). The first-order valence-corrected chi connectivity index (χ1v) is 6.57. The molecular formula is C12H15BrClN. The van der Waals surface area contributed by atoms with Gasteiger partial charge in [0.25, 0.3) is 0 Å². The van der Waals surface area contributed by atoms with E-state index in [2.05, 4.69) is 40.3 Å². The highest BCUT2D eigenvalue weighted by Gasteiger charge is 2.31. The summed E-state index contributed by atoms with van der Waals surface area (Å²) in [6.45, 7) is 3.16. The largest absolute Gasteiger partial charge is 0.310 e. The first kappa shape index (κ1) is 11.4. The molecule has 1 aliphatic rings. The third-order valence-corrected chi connectivity index (χ3v) is 4.05. The summed E-state index contributed by atoms with van der Waals surface area (Å²) < 4.78 is 0.971. The lowest BCUT2D eigenvalue weighted by Gasteiger charge is -2.18. The van der Waals surface area contributed by atoms with Crippen LogP contribution in [-0.4, -0.2) is 6.54 Å². The van der Waals surface area contributed by atoms with Crippen LogP contribution in [-0.2, 0) is 0 Å². The van der Waals surface area contributed by atoms with Crippen LogP contribution in [0.5, 0.6) is 0 Å². The van der Waals surface area contributed by atoms with Gasteiger partial charge in [0.15, 0.2) is 0 Å². The molecule has 1 aromatic rings. The number of nitrogens with one attached hydrogen (secondary N) is 1. The van der Waals surface area contributed by atoms with Gasteiger partial charge in [0, 0.05) is 10.5 Å². The highest BCUT2D eigenvalue weighted by atomic mass is 79.9. The number of hydrogen-bond donors (Lipinski definition) is 1. The molecule has 82 valence electrons. The normalized spacial score (nSPS) is 17.8. The molecular weight excluding hydrogens is 273 g/mol. The van der Waals surface area contributed by atoms with Crippen LogP contribution < -0.4 is 5.32 Å². The number of hydrogen-bond acceptors (Lipinski definition) is 1. The van der Waals surface area contributed by atoms with E-state index in [1.165, 1.54) is 18.4 Å². The fourth-order valence-corrected chi connectivity index (χ4v) is 2.35. The van der Waals surface area contributed by atoms with Gasteiger partial charge in [-0.3, -0.25) is 0 Å². The van der Waals surface area contributed by atoms with Crippen LogP contribution in [0.4, 0.5) is 0 Å². The van der Waals surface area contributed by atoms with Crippen LogP contribution in [0.2, 0.25) is 5.02 Å². The quantitative estimate of drug-likeness (QED) is 0.877. The molecule has 0 aliphatic heterocycles. The minimum atomic E-state index is 0.487. The van der Waals surface area contributed by atoms with Crippen molar-refractivity contribution in [3.63, 3.8) is 0 Å². The average Bonchev–Trinajstić information content (AvgIpc) is 3.02. The second-order valence-corrected chi connectivity index (χ2v) is 5.31. The van der Waals surface area contributed by atoms with E-state index >= 15 is 0 Å². The maximum atomic E-state index is 6.11. The Morgan fingerprint density at radius 3 is 2.80 bits per heavy atom. The second-order valence-electron chi connectivity index (χ2n) is 4.05. The highest BCUT2D eigenvalue weighted by Crippen LogP contribution is 2.41. The Labute approximate surface area is 104 Å². The van der Waals surface area contributed by atoms with Gasteiger partial charge < -0.3 is 5.32 Å². The lowest BCUT2D eigenvalue weighted by Crippen LogP contribution is -2.22. The van der Waals surface area contributed by atoms with Crippen molar-refractivity contribution in [2.75, 3.05) is 6.54 Å². The van der Waals surface area contributed by atoms with E-state index in [0.717, 1.165) is 22.0 Å². The molecule has 0 bridgehead atoms. The molecule has 0 aromatic heterocycles. The summed E-state index contributed by atoms with van der Waals surface area (Å²) >= 11 is 9.53. The number of halogens is 2. The summed E-state index contributed by atoms with van der Waals surface area (Å²) in [7, 11) is 0. The molecule has 1 saturated carbocycles. The van der Waals surface area contributed by atoms with Gasteiger partial charge in [-0.25, -0.2) is 0 Å². The van der Waals surface area contributed by atoms with Gasteiger partial charge in [0.2, 0.25) is 0 Å². The van der Waals surface area contributed by atoms with E-state index in [1.807, 2.05) is 6.07 Å². The Kier molecular flexibility index (Phi) is 3.70. The van der Waals surface area contributed by atoms with Crippen molar-refractivity contribution in [1.82, 2.24) is 5.32 Å². The van der Waals surface area contributed by atoms with Gasteiger partial charge in [-0.15, -0.1) is 0 Å². The maximum absolute atomic E-state index is 6.11. The van der Waals surface area contributed by atoms with Crippen LogP contribution >= 0.6 is 27.5 Å². The standard InChI is InChI=1S/C12H15BrClN/c1-2-15-12(8-3-4-8)9-5-6-10(13)11(14)7-9/h5-8,12,15H,2-4H2,1H3. The fraction of sp³-hybridized carbons (Fsp3) is 0.500. The number of benzene rings is 1. The van der Waals surface area contributed by atoms with E-state index in [4.69, 9.17) is 11.6 Å². The highest BCUT2D eigenvalue weighted by molar-refractivity contribution is 9.10. The van der Waals surface area contributed by atoms with Gasteiger partial charge in [-0.1, -0.05) is 24.6 Å². The molecule has 1 aromatic carbocycles. The van der Waals surface area contributed by atoms with Gasteiger partial charge in [0.05, 0.1) is 5.02 Å². The zero-order valence-corrected chi connectivity index (χ0v) is 11.1. The molecule has 0 amide bonds. The van der Waals surface area contributed by atoms with E-state index in [0.29, 0.717) is 6.04 Å². The minimum absolute atomic E-state index is 0.487. The topological polar surface area (TPSA) is 12.0 Å². The summed E-state index contributed by atoms with van der Waals surface area (Å²) in [5, 5.41) is 4.34. The van der Waals surface area contributed by atoms with Gasteiger partial charge in [-0.05, 0) is 58.9 Å². The van der Waals surface area contributed by atoms with Crippen LogP contribution in [0.3, 0.4) is 0 Å². The van der Waals surface area contributed by atoms with Crippen LogP contribution in [0, 0.1) is 5.92 Å². The summed E-state index contributed by atoms with van der Waals surface area (Å²) in [4.78, 5) is 0. The molecule has 0 spiro atoms. The predicted molar refractivity (Wildman–Crippen MR) is 68.3 cm³/mol. The van der Waals surface area contributed by atoms with E-state index < -0.39 is 0 Å². The summed E-state index contributed by atoms with van der Waals surface area (Å²) in [6.07, 6.45) is 2.68. The third-order valence-electron chi connectivity index (χ3n) is 2.82. The lowest BCUT2D eigenvalue weighted by molar-refractivity contribution is 0.496. The summed E-state index contributed by atoms with van der Waals surface area (Å²) in [5.74, 6) is 0.808. The molecule has 3 heteroatoms. The second kappa shape index (κ2) is 4.86. The number of rotatable bonds is 4. The van der Waals surface area contributed by atoms with E-state index in [-0.39, 0.29) is 0 Å². The Bertz CT molecular complexity index is 349. The van der Waals surface area contributed by atoms with Crippen molar-refractivity contribution < 1.29 is 0 Å². The molecule has 0 heterocycles. The molecule has 0 saturated heterocycles. The predicted octanol–water partition coefficient (Wildman–Crippen LogP) is 4.16. The monoisotopic (exact) mass is 287 g/mol. The van der Waals surface area contributed by atoms with Crippen molar-refractivity contribution in [3.8, 4) is 0 Å². The molecule has 1 aliphatic carbocycles. The molecule has 1 unspecified atom stereocenters. The van der Waals surface area contributed by atoms with Crippen LogP contribution in [0.15, 0.2) is 22.7 Å². The zero-order valence-electron chi connectivity index (χ0n) is 8.76. The fourth-order valence-electron chi connectivity index (χ4n) is 1.91. The maximum Gasteiger partial charge on any atom is 0.0551 e. The van der Waals surface area contributed by atoms with Crippen molar-refractivity contribution in [2.24, 2.45) is 5.92 Å². The molecule has 1 fully saturated rings. The zero-order chi connectivity index (χ0) is 10.8. The Balaban J connectivity index is 2.21. The van der Waals surface area contributed by atoms with Crippen molar-refractivity contribution in [1.29, 1.82) is 0 Å². The van der Waals surface area contributed by atoms with E-state index in [1.54, 1.807) is 0 Å². The lowest BCUT2D eigenvalue weighted by atomic mass is 10.0. The van der Waals surface area contributed by atoms with Gasteiger partial charge >= 0.3 is 0 Å². The van der Waals surface area contributed by atoms with Crippen LogP contribution in [0.1, 0.15) is 31.4 Å². The van der Waals surface area contributed by atoms with Crippen molar-refractivity contribution in [3.05, 3.63) is 33.3 Å². The summed E-state index contributed by atoms with van der Waals surface area (Å²) in [6, 6.07) is 6.74. The van der Waals surface area contributed by atoms with Gasteiger partial charge in [0.1, 0.15) is 0 Å². The Morgan fingerprint density at radius 1 is 1.53 bits per heavy atom. The first-order chi connectivity index (χ1) is 7.22. The van der Waals surface area contributed by atoms with Crippen molar-refractivity contribution >= 4 is 27.5 Å². The molecule has 0 radical (unpaired) electrons. The first-order valence-electron chi connectivity index (χ1n) is 5.40. The smallest absolute Gasteiger partial charge is 0.0551 e. The molecule has 15 heavy (non-hydrogen) atoms. The molecule has 1 N–H and O–H groups in total. The van der Waals surface area contributed by atoms with Crippen LogP contribution in [0.25, 0.3) is 0 Å². The molecule has 1 nitrogen and oxygen atoms in total. The summed E-state index contributed by atoms with van der Waals surface area (Å²) in [5.41, 5.74) is 1.31. The van der Waals surface area contributed by atoms with Gasteiger partial charge in [-0.2, -0.15) is 0 Å². The average molecular weight is 289 g/mol.